The van der Waals surface area contributed by atoms with Crippen LogP contribution in [-0.4, -0.2) is 34.3 Å². The maximum atomic E-state index is 12.1. The molecule has 0 aliphatic heterocycles. The molecule has 1 fully saturated rings. The average molecular weight is 279 g/mol. The highest BCUT2D eigenvalue weighted by Gasteiger charge is 2.21. The van der Waals surface area contributed by atoms with Crippen molar-refractivity contribution in [2.24, 2.45) is 7.05 Å². The molecule has 0 atom stereocenters. The summed E-state index contributed by atoms with van der Waals surface area (Å²) in [4.78, 5) is 23.8. The quantitative estimate of drug-likeness (QED) is 0.851. The molecular weight excluding hydrogens is 258 g/mol. The van der Waals surface area contributed by atoms with E-state index in [2.05, 4.69) is 10.4 Å². The minimum Gasteiger partial charge on any atom is -0.461 e. The fourth-order valence-corrected chi connectivity index (χ4v) is 2.48. The second-order valence-corrected chi connectivity index (χ2v) is 5.07. The number of carbonyl (C=O) groups excluding carboxylic acids is 2. The third-order valence-corrected chi connectivity index (χ3v) is 3.54. The predicted molar refractivity (Wildman–Crippen MR) is 73.5 cm³/mol. The van der Waals surface area contributed by atoms with Crippen molar-refractivity contribution in [1.29, 1.82) is 0 Å². The number of ether oxygens (including phenoxy) is 1. The van der Waals surface area contributed by atoms with Gasteiger partial charge in [-0.2, -0.15) is 5.10 Å². The minimum absolute atomic E-state index is 0.219. The summed E-state index contributed by atoms with van der Waals surface area (Å²) < 4.78 is 6.30. The summed E-state index contributed by atoms with van der Waals surface area (Å²) in [6.07, 6.45) is 5.58. The molecular formula is C14H21N3O3. The lowest BCUT2D eigenvalue weighted by Crippen LogP contribution is -2.36. The Labute approximate surface area is 118 Å². The highest BCUT2D eigenvalue weighted by atomic mass is 16.5. The second-order valence-electron chi connectivity index (χ2n) is 5.07. The molecule has 1 aromatic rings. The van der Waals surface area contributed by atoms with Gasteiger partial charge in [0.2, 0.25) is 0 Å². The van der Waals surface area contributed by atoms with Gasteiger partial charge in [-0.3, -0.25) is 9.48 Å². The molecule has 1 saturated carbocycles. The first-order valence-corrected chi connectivity index (χ1v) is 7.14. The lowest BCUT2D eigenvalue weighted by atomic mass is 9.95. The molecule has 0 aromatic carbocycles. The van der Waals surface area contributed by atoms with Crippen LogP contribution in [0, 0.1) is 0 Å². The molecule has 0 unspecified atom stereocenters. The summed E-state index contributed by atoms with van der Waals surface area (Å²) in [7, 11) is 1.63. The maximum Gasteiger partial charge on any atom is 0.356 e. The highest BCUT2D eigenvalue weighted by Crippen LogP contribution is 2.17. The Kier molecular flexibility index (Phi) is 4.76. The molecule has 1 aliphatic carbocycles. The van der Waals surface area contributed by atoms with E-state index in [1.54, 1.807) is 14.0 Å². The van der Waals surface area contributed by atoms with E-state index in [0.29, 0.717) is 12.3 Å². The van der Waals surface area contributed by atoms with Gasteiger partial charge < -0.3 is 10.1 Å². The third kappa shape index (κ3) is 3.37. The summed E-state index contributed by atoms with van der Waals surface area (Å²) in [5.41, 5.74) is 0.557. The number of aryl methyl sites for hydroxylation is 1. The van der Waals surface area contributed by atoms with Gasteiger partial charge in [0, 0.05) is 19.2 Å². The van der Waals surface area contributed by atoms with E-state index in [9.17, 15) is 9.59 Å². The molecule has 0 spiro atoms. The van der Waals surface area contributed by atoms with Crippen molar-refractivity contribution in [3.8, 4) is 0 Å². The molecule has 1 N–H and O–H groups in total. The number of hydrogen-bond donors (Lipinski definition) is 1. The molecule has 1 amide bonds. The number of esters is 1. The molecule has 0 saturated heterocycles. The summed E-state index contributed by atoms with van der Waals surface area (Å²) >= 11 is 0. The van der Waals surface area contributed by atoms with E-state index < -0.39 is 5.97 Å². The standard InChI is InChI=1S/C14H21N3O3/c1-3-20-14(19)12-9-11(16-17(12)2)13(18)15-10-7-5-4-6-8-10/h9-10H,3-8H2,1-2H3,(H,15,18). The fourth-order valence-electron chi connectivity index (χ4n) is 2.48. The van der Waals surface area contributed by atoms with Crippen molar-refractivity contribution in [1.82, 2.24) is 15.1 Å². The van der Waals surface area contributed by atoms with E-state index in [0.717, 1.165) is 25.7 Å². The predicted octanol–water partition coefficient (Wildman–Crippen LogP) is 1.66. The van der Waals surface area contributed by atoms with Crippen molar-refractivity contribution >= 4 is 11.9 Å². The number of rotatable bonds is 4. The number of nitrogens with zero attached hydrogens (tertiary/aromatic N) is 2. The fraction of sp³-hybridized carbons (Fsp3) is 0.643. The van der Waals surface area contributed by atoms with Gasteiger partial charge in [-0.1, -0.05) is 19.3 Å². The molecule has 1 heterocycles. The Bertz CT molecular complexity index is 490. The first-order valence-electron chi connectivity index (χ1n) is 7.14. The average Bonchev–Trinajstić information content (AvgIpc) is 2.82. The number of carbonyl (C=O) groups is 2. The van der Waals surface area contributed by atoms with Gasteiger partial charge in [0.1, 0.15) is 5.69 Å². The summed E-state index contributed by atoms with van der Waals surface area (Å²) in [5.74, 6) is -0.678. The monoisotopic (exact) mass is 279 g/mol. The van der Waals surface area contributed by atoms with Crippen LogP contribution in [0.4, 0.5) is 0 Å². The van der Waals surface area contributed by atoms with Crippen LogP contribution in [0.1, 0.15) is 60.0 Å². The van der Waals surface area contributed by atoms with Gasteiger partial charge in [0.15, 0.2) is 5.69 Å². The molecule has 1 aromatic heterocycles. The first kappa shape index (κ1) is 14.6. The molecule has 0 radical (unpaired) electrons. The van der Waals surface area contributed by atoms with Gasteiger partial charge in [0.05, 0.1) is 6.61 Å². The Balaban J connectivity index is 2.03. The zero-order valence-corrected chi connectivity index (χ0v) is 12.0. The summed E-state index contributed by atoms with van der Waals surface area (Å²) in [6, 6.07) is 1.71. The molecule has 6 nitrogen and oxygen atoms in total. The van der Waals surface area contributed by atoms with Gasteiger partial charge in [-0.15, -0.1) is 0 Å². The third-order valence-electron chi connectivity index (χ3n) is 3.54. The smallest absolute Gasteiger partial charge is 0.356 e. The molecule has 6 heteroatoms. The van der Waals surface area contributed by atoms with Crippen molar-refractivity contribution in [2.45, 2.75) is 45.1 Å². The first-order chi connectivity index (χ1) is 9.61. The van der Waals surface area contributed by atoms with Crippen LogP contribution in [0.5, 0.6) is 0 Å². The Morgan fingerprint density at radius 1 is 1.40 bits per heavy atom. The highest BCUT2D eigenvalue weighted by molar-refractivity contribution is 5.96. The van der Waals surface area contributed by atoms with Gasteiger partial charge in [0.25, 0.3) is 5.91 Å². The van der Waals surface area contributed by atoms with Crippen LogP contribution in [-0.2, 0) is 11.8 Å². The lowest BCUT2D eigenvalue weighted by molar-refractivity contribution is 0.0513. The largest absolute Gasteiger partial charge is 0.461 e. The number of nitrogens with one attached hydrogen (secondary N) is 1. The van der Waals surface area contributed by atoms with Crippen LogP contribution in [0.25, 0.3) is 0 Å². The van der Waals surface area contributed by atoms with Crippen LogP contribution in [0.15, 0.2) is 6.07 Å². The molecule has 2 rings (SSSR count). The Hall–Kier alpha value is -1.85. The summed E-state index contributed by atoms with van der Waals surface area (Å²) in [5, 5.41) is 7.06. The zero-order chi connectivity index (χ0) is 14.5. The van der Waals surface area contributed by atoms with Crippen LogP contribution in [0.3, 0.4) is 0 Å². The van der Waals surface area contributed by atoms with E-state index in [1.165, 1.54) is 17.2 Å². The topological polar surface area (TPSA) is 73.2 Å². The number of hydrogen-bond acceptors (Lipinski definition) is 4. The number of amides is 1. The normalized spacial score (nSPS) is 15.9. The van der Waals surface area contributed by atoms with Crippen molar-refractivity contribution in [3.63, 3.8) is 0 Å². The summed E-state index contributed by atoms with van der Waals surface area (Å²) in [6.45, 7) is 2.04. The second kappa shape index (κ2) is 6.54. The van der Waals surface area contributed by atoms with E-state index in [-0.39, 0.29) is 17.6 Å². The van der Waals surface area contributed by atoms with Gasteiger partial charge in [-0.05, 0) is 19.8 Å². The van der Waals surface area contributed by atoms with Crippen LogP contribution < -0.4 is 5.32 Å². The van der Waals surface area contributed by atoms with Crippen molar-refractivity contribution in [2.75, 3.05) is 6.61 Å². The van der Waals surface area contributed by atoms with E-state index >= 15 is 0 Å². The molecule has 20 heavy (non-hydrogen) atoms. The van der Waals surface area contributed by atoms with Gasteiger partial charge >= 0.3 is 5.97 Å². The molecule has 1 aliphatic rings. The molecule has 110 valence electrons. The maximum absolute atomic E-state index is 12.1. The zero-order valence-electron chi connectivity index (χ0n) is 12.0. The van der Waals surface area contributed by atoms with Crippen molar-refractivity contribution < 1.29 is 14.3 Å². The SMILES string of the molecule is CCOC(=O)c1cc(C(=O)NC2CCCCC2)nn1C. The van der Waals surface area contributed by atoms with Crippen LogP contribution >= 0.6 is 0 Å². The molecule has 0 bridgehead atoms. The Morgan fingerprint density at radius 3 is 2.75 bits per heavy atom. The van der Waals surface area contributed by atoms with Crippen molar-refractivity contribution in [3.05, 3.63) is 17.5 Å². The van der Waals surface area contributed by atoms with Gasteiger partial charge in [-0.25, -0.2) is 4.79 Å². The van der Waals surface area contributed by atoms with E-state index in [4.69, 9.17) is 4.74 Å². The number of aromatic nitrogens is 2. The van der Waals surface area contributed by atoms with Crippen LogP contribution in [0.2, 0.25) is 0 Å². The van der Waals surface area contributed by atoms with E-state index in [1.807, 2.05) is 0 Å². The Morgan fingerprint density at radius 2 is 2.10 bits per heavy atom. The lowest BCUT2D eigenvalue weighted by Gasteiger charge is -2.22. The minimum atomic E-state index is -0.459.